The standard InChI is InChI=1S/C14H15FN2O5/c15-11-6-5-8(17(21)22)7-12(11)16-13(18)9-3-1-2-4-10(9)14(19)20/h5-7,9-10H,1-4H2,(H,16,18)(H,19,20)/t9-,10+/m1/s1. The first-order valence-corrected chi connectivity index (χ1v) is 6.87. The fraction of sp³-hybridized carbons (Fsp3) is 0.429. The zero-order chi connectivity index (χ0) is 16.3. The summed E-state index contributed by atoms with van der Waals surface area (Å²) >= 11 is 0. The van der Waals surface area contributed by atoms with Gasteiger partial charge in [-0.2, -0.15) is 0 Å². The molecule has 2 rings (SSSR count). The highest BCUT2D eigenvalue weighted by molar-refractivity contribution is 5.95. The second-order valence-corrected chi connectivity index (χ2v) is 5.25. The third-order valence-corrected chi connectivity index (χ3v) is 3.84. The molecule has 0 spiro atoms. The third-order valence-electron chi connectivity index (χ3n) is 3.84. The van der Waals surface area contributed by atoms with Gasteiger partial charge in [-0.3, -0.25) is 19.7 Å². The molecule has 0 unspecified atom stereocenters. The molecule has 118 valence electrons. The molecule has 1 aliphatic carbocycles. The Morgan fingerprint density at radius 1 is 1.27 bits per heavy atom. The number of nitrogens with one attached hydrogen (secondary N) is 1. The molecule has 1 aromatic rings. The first kappa shape index (κ1) is 15.9. The molecule has 7 nitrogen and oxygen atoms in total. The molecule has 0 aromatic heterocycles. The Morgan fingerprint density at radius 3 is 2.50 bits per heavy atom. The third kappa shape index (κ3) is 3.38. The lowest BCUT2D eigenvalue weighted by Gasteiger charge is -2.27. The van der Waals surface area contributed by atoms with Crippen LogP contribution in [0, 0.1) is 27.8 Å². The first-order valence-electron chi connectivity index (χ1n) is 6.87. The van der Waals surface area contributed by atoms with E-state index in [9.17, 15) is 24.1 Å². The van der Waals surface area contributed by atoms with Crippen molar-refractivity contribution in [3.05, 3.63) is 34.1 Å². The lowest BCUT2D eigenvalue weighted by Crippen LogP contribution is -2.36. The summed E-state index contributed by atoms with van der Waals surface area (Å²) < 4.78 is 13.7. The monoisotopic (exact) mass is 310 g/mol. The van der Waals surface area contributed by atoms with Crippen molar-refractivity contribution in [2.75, 3.05) is 5.32 Å². The average Bonchev–Trinajstić information content (AvgIpc) is 2.49. The number of carbonyl (C=O) groups excluding carboxylic acids is 1. The van der Waals surface area contributed by atoms with E-state index < -0.39 is 34.5 Å². The van der Waals surface area contributed by atoms with Gasteiger partial charge in [-0.15, -0.1) is 0 Å². The number of carbonyl (C=O) groups is 2. The van der Waals surface area contributed by atoms with Crippen LogP contribution in [-0.2, 0) is 9.59 Å². The van der Waals surface area contributed by atoms with E-state index in [2.05, 4.69) is 5.32 Å². The van der Waals surface area contributed by atoms with Crippen molar-refractivity contribution >= 4 is 23.3 Å². The maximum absolute atomic E-state index is 13.7. The highest BCUT2D eigenvalue weighted by Gasteiger charge is 2.36. The van der Waals surface area contributed by atoms with Crippen LogP contribution < -0.4 is 5.32 Å². The minimum Gasteiger partial charge on any atom is -0.481 e. The molecule has 0 aliphatic heterocycles. The van der Waals surface area contributed by atoms with Gasteiger partial charge in [0.25, 0.3) is 5.69 Å². The molecule has 0 bridgehead atoms. The second-order valence-electron chi connectivity index (χ2n) is 5.25. The van der Waals surface area contributed by atoms with Crippen LogP contribution >= 0.6 is 0 Å². The predicted molar refractivity (Wildman–Crippen MR) is 74.8 cm³/mol. The SMILES string of the molecule is O=C(O)[C@H]1CCCC[C@H]1C(=O)Nc1cc([N+](=O)[O-])ccc1F. The molecular formula is C14H15FN2O5. The molecule has 1 aliphatic rings. The van der Waals surface area contributed by atoms with Gasteiger partial charge >= 0.3 is 5.97 Å². The van der Waals surface area contributed by atoms with Crippen LogP contribution in [0.2, 0.25) is 0 Å². The summed E-state index contributed by atoms with van der Waals surface area (Å²) in [5.74, 6) is -4.05. The number of rotatable bonds is 4. The maximum atomic E-state index is 13.7. The molecule has 0 radical (unpaired) electrons. The smallest absolute Gasteiger partial charge is 0.307 e. The second kappa shape index (κ2) is 6.50. The van der Waals surface area contributed by atoms with Crippen LogP contribution in [0.3, 0.4) is 0 Å². The minimum absolute atomic E-state index is 0.311. The molecule has 0 heterocycles. The number of benzene rings is 1. The molecule has 0 saturated heterocycles. The van der Waals surface area contributed by atoms with Crippen molar-refractivity contribution in [1.29, 1.82) is 0 Å². The number of nitro groups is 1. The number of carboxylic acids is 1. The fourth-order valence-electron chi connectivity index (χ4n) is 2.69. The fourth-order valence-corrected chi connectivity index (χ4v) is 2.69. The van der Waals surface area contributed by atoms with Crippen LogP contribution in [-0.4, -0.2) is 21.9 Å². The van der Waals surface area contributed by atoms with E-state index in [0.29, 0.717) is 12.8 Å². The van der Waals surface area contributed by atoms with Crippen molar-refractivity contribution in [3.63, 3.8) is 0 Å². The van der Waals surface area contributed by atoms with Gasteiger partial charge in [-0.05, 0) is 18.9 Å². The summed E-state index contributed by atoms with van der Waals surface area (Å²) in [7, 11) is 0. The van der Waals surface area contributed by atoms with Crippen LogP contribution in [0.1, 0.15) is 25.7 Å². The van der Waals surface area contributed by atoms with Crippen LogP contribution in [0.4, 0.5) is 15.8 Å². The minimum atomic E-state index is -1.06. The number of hydrogen-bond acceptors (Lipinski definition) is 4. The number of aliphatic carboxylic acids is 1. The van der Waals surface area contributed by atoms with Crippen LogP contribution in [0.15, 0.2) is 18.2 Å². The van der Waals surface area contributed by atoms with Crippen molar-refractivity contribution in [3.8, 4) is 0 Å². The largest absolute Gasteiger partial charge is 0.481 e. The Hall–Kier alpha value is -2.51. The summed E-state index contributed by atoms with van der Waals surface area (Å²) in [5, 5.41) is 22.1. The van der Waals surface area contributed by atoms with Crippen LogP contribution in [0.25, 0.3) is 0 Å². The quantitative estimate of drug-likeness (QED) is 0.656. The summed E-state index contributed by atoms with van der Waals surface area (Å²) in [6, 6.07) is 2.81. The molecule has 2 atom stereocenters. The summed E-state index contributed by atoms with van der Waals surface area (Å²) in [5.41, 5.74) is -0.663. The van der Waals surface area contributed by atoms with E-state index >= 15 is 0 Å². The summed E-state index contributed by atoms with van der Waals surface area (Å²) in [6.07, 6.45) is 2.25. The number of hydrogen-bond donors (Lipinski definition) is 2. The van der Waals surface area contributed by atoms with Crippen LogP contribution in [0.5, 0.6) is 0 Å². The van der Waals surface area contributed by atoms with Gasteiger partial charge in [0.05, 0.1) is 22.4 Å². The Bertz CT molecular complexity index is 619. The van der Waals surface area contributed by atoms with E-state index in [1.54, 1.807) is 0 Å². The number of nitrogens with zero attached hydrogens (tertiary/aromatic N) is 1. The first-order chi connectivity index (χ1) is 10.4. The summed E-state index contributed by atoms with van der Waals surface area (Å²) in [4.78, 5) is 33.4. The van der Waals surface area contributed by atoms with Gasteiger partial charge in [0.15, 0.2) is 0 Å². The van der Waals surface area contributed by atoms with Crippen molar-refractivity contribution in [2.45, 2.75) is 25.7 Å². The molecule has 2 N–H and O–H groups in total. The number of carboxylic acid groups (broad SMARTS) is 1. The molecule has 1 fully saturated rings. The number of anilines is 1. The number of amides is 1. The van der Waals surface area contributed by atoms with E-state index in [1.165, 1.54) is 0 Å². The van der Waals surface area contributed by atoms with E-state index in [-0.39, 0.29) is 11.4 Å². The van der Waals surface area contributed by atoms with Gasteiger partial charge in [0.1, 0.15) is 5.82 Å². The lowest BCUT2D eigenvalue weighted by molar-refractivity contribution is -0.384. The molecule has 1 amide bonds. The number of nitro benzene ring substituents is 1. The van der Waals surface area contributed by atoms with E-state index in [0.717, 1.165) is 31.0 Å². The van der Waals surface area contributed by atoms with E-state index in [1.807, 2.05) is 0 Å². The average molecular weight is 310 g/mol. The molecular weight excluding hydrogens is 295 g/mol. The highest BCUT2D eigenvalue weighted by Crippen LogP contribution is 2.32. The Labute approximate surface area is 125 Å². The van der Waals surface area contributed by atoms with Crippen molar-refractivity contribution < 1.29 is 24.0 Å². The van der Waals surface area contributed by atoms with Crippen molar-refractivity contribution in [1.82, 2.24) is 0 Å². The molecule has 8 heteroatoms. The normalized spacial score (nSPS) is 21.1. The van der Waals surface area contributed by atoms with Gasteiger partial charge in [0.2, 0.25) is 5.91 Å². The molecule has 1 aromatic carbocycles. The van der Waals surface area contributed by atoms with E-state index in [4.69, 9.17) is 5.11 Å². The number of halogens is 1. The van der Waals surface area contributed by atoms with Crippen molar-refractivity contribution in [2.24, 2.45) is 11.8 Å². The van der Waals surface area contributed by atoms with Gasteiger partial charge in [-0.1, -0.05) is 12.8 Å². The van der Waals surface area contributed by atoms with Gasteiger partial charge in [-0.25, -0.2) is 4.39 Å². The molecule has 22 heavy (non-hydrogen) atoms. The highest BCUT2D eigenvalue weighted by atomic mass is 19.1. The Morgan fingerprint density at radius 2 is 1.91 bits per heavy atom. The zero-order valence-corrected chi connectivity index (χ0v) is 11.6. The Kier molecular flexibility index (Phi) is 4.69. The predicted octanol–water partition coefficient (Wildman–Crippen LogP) is 2.56. The van der Waals surface area contributed by atoms with Gasteiger partial charge < -0.3 is 10.4 Å². The lowest BCUT2D eigenvalue weighted by atomic mass is 9.78. The van der Waals surface area contributed by atoms with Gasteiger partial charge in [0, 0.05) is 12.1 Å². The summed E-state index contributed by atoms with van der Waals surface area (Å²) in [6.45, 7) is 0. The maximum Gasteiger partial charge on any atom is 0.307 e. The zero-order valence-electron chi connectivity index (χ0n) is 11.6. The molecule has 1 saturated carbocycles. The topological polar surface area (TPSA) is 110 Å². The Balaban J connectivity index is 2.19. The number of non-ortho nitro benzene ring substituents is 1.